The zero-order valence-corrected chi connectivity index (χ0v) is 15.1. The lowest BCUT2D eigenvalue weighted by Gasteiger charge is -2.33. The number of hydrogen-bond donors (Lipinski definition) is 1. The Morgan fingerprint density at radius 3 is 2.46 bits per heavy atom. The van der Waals surface area contributed by atoms with Crippen LogP contribution in [0, 0.1) is 0 Å². The molecule has 0 radical (unpaired) electrons. The van der Waals surface area contributed by atoms with Crippen LogP contribution in [0.3, 0.4) is 0 Å². The minimum atomic E-state index is -4.54. The zero-order chi connectivity index (χ0) is 20.3. The van der Waals surface area contributed by atoms with Crippen LogP contribution >= 0.6 is 0 Å². The molecule has 8 nitrogen and oxygen atoms in total. The summed E-state index contributed by atoms with van der Waals surface area (Å²) in [6, 6.07) is 3.04. The molecule has 0 saturated carbocycles. The van der Waals surface area contributed by atoms with E-state index in [1.54, 1.807) is 4.90 Å². The molecule has 1 aliphatic heterocycles. The Hall–Kier alpha value is -2.95. The fourth-order valence-corrected chi connectivity index (χ4v) is 2.96. The van der Waals surface area contributed by atoms with Gasteiger partial charge in [0.25, 0.3) is 0 Å². The van der Waals surface area contributed by atoms with Crippen molar-refractivity contribution in [2.75, 3.05) is 38.0 Å². The first-order valence-corrected chi connectivity index (χ1v) is 8.58. The summed E-state index contributed by atoms with van der Waals surface area (Å²) in [6.07, 6.45) is -1.96. The fraction of sp³-hybridized carbons (Fsp3) is 0.412. The first-order valence-electron chi connectivity index (χ1n) is 8.58. The number of benzene rings is 1. The average molecular weight is 396 g/mol. The maximum Gasteiger partial charge on any atom is 0.416 e. The van der Waals surface area contributed by atoms with E-state index in [4.69, 9.17) is 0 Å². The molecule has 0 atom stereocenters. The SMILES string of the molecule is CC(=O)N1CCN(CC(=O)Nc2cc(C(F)(F)F)ccc2-n2cncn2)CC1. The number of carbonyl (C=O) groups is 2. The quantitative estimate of drug-likeness (QED) is 0.845. The summed E-state index contributed by atoms with van der Waals surface area (Å²) < 4.78 is 40.5. The highest BCUT2D eigenvalue weighted by molar-refractivity contribution is 5.94. The number of anilines is 1. The van der Waals surface area contributed by atoms with E-state index >= 15 is 0 Å². The Bertz CT molecular complexity index is 845. The van der Waals surface area contributed by atoms with Gasteiger partial charge in [0.15, 0.2) is 0 Å². The summed E-state index contributed by atoms with van der Waals surface area (Å²) in [7, 11) is 0. The van der Waals surface area contributed by atoms with E-state index < -0.39 is 17.6 Å². The Balaban J connectivity index is 1.73. The van der Waals surface area contributed by atoms with Gasteiger partial charge in [-0.1, -0.05) is 0 Å². The molecule has 0 spiro atoms. The van der Waals surface area contributed by atoms with E-state index in [0.29, 0.717) is 26.2 Å². The summed E-state index contributed by atoms with van der Waals surface area (Å²) in [5.74, 6) is -0.470. The Morgan fingerprint density at radius 1 is 1.18 bits per heavy atom. The third-order valence-corrected chi connectivity index (χ3v) is 4.45. The average Bonchev–Trinajstić information content (AvgIpc) is 3.15. The smallest absolute Gasteiger partial charge is 0.340 e. The van der Waals surface area contributed by atoms with Gasteiger partial charge in [-0.3, -0.25) is 14.5 Å². The molecule has 1 aromatic heterocycles. The summed E-state index contributed by atoms with van der Waals surface area (Å²) in [4.78, 5) is 31.1. The van der Waals surface area contributed by atoms with Crippen LogP contribution in [0.4, 0.5) is 18.9 Å². The highest BCUT2D eigenvalue weighted by Gasteiger charge is 2.31. The van der Waals surface area contributed by atoms with Gasteiger partial charge in [0.05, 0.1) is 23.5 Å². The largest absolute Gasteiger partial charge is 0.416 e. The van der Waals surface area contributed by atoms with Gasteiger partial charge in [0.1, 0.15) is 12.7 Å². The predicted molar refractivity (Wildman–Crippen MR) is 93.7 cm³/mol. The highest BCUT2D eigenvalue weighted by atomic mass is 19.4. The lowest BCUT2D eigenvalue weighted by atomic mass is 10.1. The van der Waals surface area contributed by atoms with Crippen LogP contribution in [0.25, 0.3) is 5.69 Å². The van der Waals surface area contributed by atoms with Crippen molar-refractivity contribution in [3.63, 3.8) is 0 Å². The molecule has 28 heavy (non-hydrogen) atoms. The molecule has 2 amide bonds. The van der Waals surface area contributed by atoms with E-state index in [9.17, 15) is 22.8 Å². The van der Waals surface area contributed by atoms with Gasteiger partial charge in [-0.25, -0.2) is 9.67 Å². The molecule has 1 N–H and O–H groups in total. The molecule has 150 valence electrons. The van der Waals surface area contributed by atoms with Gasteiger partial charge in [0, 0.05) is 33.1 Å². The van der Waals surface area contributed by atoms with E-state index in [1.165, 1.54) is 30.3 Å². The number of amides is 2. The van der Waals surface area contributed by atoms with Crippen LogP contribution in [-0.2, 0) is 15.8 Å². The second kappa shape index (κ2) is 7.97. The maximum absolute atomic E-state index is 13.1. The van der Waals surface area contributed by atoms with Crippen molar-refractivity contribution in [2.24, 2.45) is 0 Å². The second-order valence-electron chi connectivity index (χ2n) is 6.40. The molecule has 0 unspecified atom stereocenters. The minimum absolute atomic E-state index is 0.00676. The van der Waals surface area contributed by atoms with Gasteiger partial charge in [-0.2, -0.15) is 18.3 Å². The van der Waals surface area contributed by atoms with Crippen molar-refractivity contribution in [3.05, 3.63) is 36.4 Å². The zero-order valence-electron chi connectivity index (χ0n) is 15.1. The molecular formula is C17H19F3N6O2. The number of carbonyl (C=O) groups excluding carboxylic acids is 2. The van der Waals surface area contributed by atoms with Crippen molar-refractivity contribution in [3.8, 4) is 5.69 Å². The van der Waals surface area contributed by atoms with Crippen molar-refractivity contribution < 1.29 is 22.8 Å². The van der Waals surface area contributed by atoms with Crippen LogP contribution in [0.15, 0.2) is 30.9 Å². The number of nitrogens with one attached hydrogen (secondary N) is 1. The van der Waals surface area contributed by atoms with Crippen molar-refractivity contribution in [1.29, 1.82) is 0 Å². The lowest BCUT2D eigenvalue weighted by Crippen LogP contribution is -2.49. The number of hydrogen-bond acceptors (Lipinski definition) is 5. The van der Waals surface area contributed by atoms with E-state index in [2.05, 4.69) is 15.4 Å². The first-order chi connectivity index (χ1) is 13.2. The van der Waals surface area contributed by atoms with Gasteiger partial charge in [0.2, 0.25) is 11.8 Å². The van der Waals surface area contributed by atoms with Crippen LogP contribution in [0.2, 0.25) is 0 Å². The van der Waals surface area contributed by atoms with Crippen LogP contribution in [0.1, 0.15) is 12.5 Å². The van der Waals surface area contributed by atoms with Gasteiger partial charge in [-0.05, 0) is 18.2 Å². The molecule has 2 aromatic rings. The monoisotopic (exact) mass is 396 g/mol. The van der Waals surface area contributed by atoms with Crippen LogP contribution < -0.4 is 5.32 Å². The van der Waals surface area contributed by atoms with Crippen LogP contribution in [0.5, 0.6) is 0 Å². The number of nitrogens with zero attached hydrogens (tertiary/aromatic N) is 5. The molecule has 11 heteroatoms. The van der Waals surface area contributed by atoms with Crippen molar-refractivity contribution in [2.45, 2.75) is 13.1 Å². The normalized spacial score (nSPS) is 15.5. The summed E-state index contributed by atoms with van der Waals surface area (Å²) in [5.41, 5.74) is -0.602. The fourth-order valence-electron chi connectivity index (χ4n) is 2.96. The number of piperazine rings is 1. The molecule has 1 aliphatic rings. The third kappa shape index (κ3) is 4.66. The summed E-state index contributed by atoms with van der Waals surface area (Å²) >= 11 is 0. The second-order valence-corrected chi connectivity index (χ2v) is 6.40. The summed E-state index contributed by atoms with van der Waals surface area (Å²) in [6.45, 7) is 3.56. The number of rotatable bonds is 4. The molecule has 1 fully saturated rings. The van der Waals surface area contributed by atoms with E-state index in [1.807, 2.05) is 4.90 Å². The van der Waals surface area contributed by atoms with Crippen molar-refractivity contribution in [1.82, 2.24) is 24.6 Å². The Kier molecular flexibility index (Phi) is 5.63. The third-order valence-electron chi connectivity index (χ3n) is 4.45. The topological polar surface area (TPSA) is 83.4 Å². The number of alkyl halides is 3. The maximum atomic E-state index is 13.1. The first kappa shape index (κ1) is 19.8. The van der Waals surface area contributed by atoms with Gasteiger partial charge in [-0.15, -0.1) is 0 Å². The predicted octanol–water partition coefficient (Wildman–Crippen LogP) is 1.39. The molecule has 0 bridgehead atoms. The number of halogens is 3. The standard InChI is InChI=1S/C17H19F3N6O2/c1-12(27)25-6-4-24(5-7-25)9-16(28)23-14-8-13(17(18,19)20)2-3-15(14)26-11-21-10-22-26/h2-3,8,10-11H,4-7,9H2,1H3,(H,23,28). The number of aromatic nitrogens is 3. The van der Waals surface area contributed by atoms with Crippen LogP contribution in [-0.4, -0.2) is 69.1 Å². The molecule has 0 aliphatic carbocycles. The Morgan fingerprint density at radius 2 is 1.89 bits per heavy atom. The van der Waals surface area contributed by atoms with E-state index in [0.717, 1.165) is 12.1 Å². The summed E-state index contributed by atoms with van der Waals surface area (Å²) in [5, 5.41) is 6.45. The molecule has 1 saturated heterocycles. The molecule has 1 aromatic carbocycles. The molecule has 3 rings (SSSR count). The Labute approximate surface area is 158 Å². The van der Waals surface area contributed by atoms with E-state index in [-0.39, 0.29) is 23.8 Å². The lowest BCUT2D eigenvalue weighted by molar-refractivity contribution is -0.137. The van der Waals surface area contributed by atoms with Gasteiger partial charge < -0.3 is 10.2 Å². The van der Waals surface area contributed by atoms with Crippen molar-refractivity contribution >= 4 is 17.5 Å². The van der Waals surface area contributed by atoms with Gasteiger partial charge >= 0.3 is 6.18 Å². The molecule has 2 heterocycles. The molecular weight excluding hydrogens is 377 g/mol. The highest BCUT2D eigenvalue weighted by Crippen LogP contribution is 2.33. The minimum Gasteiger partial charge on any atom is -0.340 e.